The molecule has 6 heteroatoms. The van der Waals surface area contributed by atoms with Gasteiger partial charge in [-0.05, 0) is 37.0 Å². The average Bonchev–Trinajstić information content (AvgIpc) is 1.88. The number of hydrogen-bond donors (Lipinski definition) is 1. The van der Waals surface area contributed by atoms with Crippen LogP contribution in [0.15, 0.2) is 0 Å². The molecule has 0 rings (SSSR count). The van der Waals surface area contributed by atoms with Crippen LogP contribution < -0.4 is 0 Å². The van der Waals surface area contributed by atoms with E-state index in [2.05, 4.69) is 0 Å². The van der Waals surface area contributed by atoms with Crippen molar-refractivity contribution in [3.63, 3.8) is 0 Å². The minimum absolute atomic E-state index is 0.0444. The Hall–Kier alpha value is 0.880. The largest absolute Gasteiger partial charge is 0.385 e. The third kappa shape index (κ3) is 5.17. The zero-order valence-corrected chi connectivity index (χ0v) is 9.18. The van der Waals surface area contributed by atoms with Gasteiger partial charge in [0.15, 0.2) is 0 Å². The summed E-state index contributed by atoms with van der Waals surface area (Å²) in [5.41, 5.74) is -2.22. The maximum absolute atomic E-state index is 8.62. The number of aliphatic hydroxyl groups is 1. The molecule has 0 amide bonds. The lowest BCUT2D eigenvalue weighted by molar-refractivity contribution is 0.280. The molecular formula is C5H13O3PS2. The van der Waals surface area contributed by atoms with E-state index in [1.54, 1.807) is 0 Å². The summed E-state index contributed by atoms with van der Waals surface area (Å²) < 4.78 is 10.4. The lowest BCUT2D eigenvalue weighted by Crippen LogP contribution is -1.92. The van der Waals surface area contributed by atoms with Crippen LogP contribution in [-0.4, -0.2) is 24.3 Å². The lowest BCUT2D eigenvalue weighted by Gasteiger charge is -2.18. The maximum atomic E-state index is 8.62. The van der Waals surface area contributed by atoms with Crippen LogP contribution in [0.3, 0.4) is 0 Å². The fourth-order valence-electron chi connectivity index (χ4n) is 0.499. The highest BCUT2D eigenvalue weighted by Crippen LogP contribution is 2.60. The second-order valence-electron chi connectivity index (χ2n) is 1.54. The van der Waals surface area contributed by atoms with Gasteiger partial charge in [-0.15, -0.1) is 0 Å². The third-order valence-electron chi connectivity index (χ3n) is 0.790. The van der Waals surface area contributed by atoms with Gasteiger partial charge in [-0.1, -0.05) is 0 Å². The Kier molecular flexibility index (Phi) is 6.91. The molecular weight excluding hydrogens is 203 g/mol. The van der Waals surface area contributed by atoms with Crippen molar-refractivity contribution in [1.29, 1.82) is 0 Å². The minimum atomic E-state index is -2.22. The molecule has 1 N–H and O–H groups in total. The van der Waals surface area contributed by atoms with Gasteiger partial charge in [-0.2, -0.15) is 0 Å². The molecule has 0 aliphatic heterocycles. The Balaban J connectivity index is 3.91. The molecule has 0 radical (unpaired) electrons. The molecule has 0 aromatic rings. The van der Waals surface area contributed by atoms with Crippen LogP contribution in [0.2, 0.25) is 0 Å². The first-order valence-electron chi connectivity index (χ1n) is 3.33. The molecule has 0 bridgehead atoms. The fourth-order valence-corrected chi connectivity index (χ4v) is 4.06. The minimum Gasteiger partial charge on any atom is -0.385 e. The Morgan fingerprint density at radius 2 is 1.82 bits per heavy atom. The highest BCUT2D eigenvalue weighted by atomic mass is 32.9. The summed E-state index contributed by atoms with van der Waals surface area (Å²) >= 11 is 6.23. The second-order valence-corrected chi connectivity index (χ2v) is 7.82. The van der Waals surface area contributed by atoms with Crippen molar-refractivity contribution in [3.05, 3.63) is 0 Å². The highest BCUT2D eigenvalue weighted by Gasteiger charge is 2.17. The van der Waals surface area contributed by atoms with Crippen molar-refractivity contribution in [1.82, 2.24) is 0 Å². The molecule has 68 valence electrons. The summed E-state index contributed by atoms with van der Waals surface area (Å²) in [5.74, 6) is -0.0444. The van der Waals surface area contributed by atoms with E-state index in [1.807, 2.05) is 13.8 Å². The van der Waals surface area contributed by atoms with Crippen LogP contribution in [0, 0.1) is 0 Å². The van der Waals surface area contributed by atoms with Gasteiger partial charge in [0.25, 0.3) is 0 Å². The number of rotatable bonds is 6. The molecule has 3 nitrogen and oxygen atoms in total. The molecule has 0 fully saturated rings. The quantitative estimate of drug-likeness (QED) is 0.543. The van der Waals surface area contributed by atoms with Crippen LogP contribution in [0.25, 0.3) is 0 Å². The van der Waals surface area contributed by atoms with Crippen LogP contribution >= 0.6 is 17.1 Å². The topological polar surface area (TPSA) is 38.7 Å². The van der Waals surface area contributed by atoms with Crippen molar-refractivity contribution in [2.24, 2.45) is 0 Å². The lowest BCUT2D eigenvalue weighted by atomic mass is 10.9. The van der Waals surface area contributed by atoms with Gasteiger partial charge in [0.05, 0.1) is 19.2 Å². The van der Waals surface area contributed by atoms with Gasteiger partial charge in [0.2, 0.25) is 5.69 Å². The van der Waals surface area contributed by atoms with Crippen LogP contribution in [0.4, 0.5) is 0 Å². The molecule has 0 aliphatic rings. The fraction of sp³-hybridized carbons (Fsp3) is 1.00. The first-order valence-corrected chi connectivity index (χ1v) is 7.56. The van der Waals surface area contributed by atoms with Crippen molar-refractivity contribution < 1.29 is 14.2 Å². The summed E-state index contributed by atoms with van der Waals surface area (Å²) in [6.07, 6.45) is 0. The zero-order valence-electron chi connectivity index (χ0n) is 6.65. The summed E-state index contributed by atoms with van der Waals surface area (Å²) in [7, 11) is 0. The second kappa shape index (κ2) is 6.40. The molecule has 0 heterocycles. The Bertz CT molecular complexity index is 118. The molecule has 0 aliphatic carbocycles. The van der Waals surface area contributed by atoms with E-state index in [4.69, 9.17) is 26.0 Å². The average molecular weight is 216 g/mol. The molecule has 0 atom stereocenters. The van der Waals surface area contributed by atoms with Crippen LogP contribution in [0.5, 0.6) is 0 Å². The monoisotopic (exact) mass is 216 g/mol. The number of hydrogen-bond acceptors (Lipinski definition) is 5. The summed E-state index contributed by atoms with van der Waals surface area (Å²) in [6, 6.07) is 0. The van der Waals surface area contributed by atoms with E-state index in [0.29, 0.717) is 13.2 Å². The van der Waals surface area contributed by atoms with Crippen molar-refractivity contribution in [3.8, 4) is 0 Å². The normalized spacial score (nSPS) is 11.9. The van der Waals surface area contributed by atoms with Gasteiger partial charge < -0.3 is 14.2 Å². The predicted octanol–water partition coefficient (Wildman–Crippen LogP) is 1.97. The van der Waals surface area contributed by atoms with Gasteiger partial charge in [0, 0.05) is 0 Å². The van der Waals surface area contributed by atoms with Crippen molar-refractivity contribution in [2.75, 3.05) is 19.2 Å². The summed E-state index contributed by atoms with van der Waals surface area (Å²) in [5, 5.41) is 8.62. The summed E-state index contributed by atoms with van der Waals surface area (Å²) in [4.78, 5) is 0. The SMILES string of the molecule is CCOP(=S)(OCC)SCO. The standard InChI is InChI=1S/C5H13O3PS2/c1-3-7-9(10,8-4-2)11-5-6/h6H,3-5H2,1-2H3. The van der Waals surface area contributed by atoms with Crippen LogP contribution in [0.1, 0.15) is 13.8 Å². The van der Waals surface area contributed by atoms with E-state index in [9.17, 15) is 0 Å². The Morgan fingerprint density at radius 3 is 2.09 bits per heavy atom. The third-order valence-corrected chi connectivity index (χ3v) is 5.88. The van der Waals surface area contributed by atoms with E-state index in [-0.39, 0.29) is 5.94 Å². The molecule has 0 unspecified atom stereocenters. The summed E-state index contributed by atoms with van der Waals surface area (Å²) in [6.45, 7) is 4.78. The maximum Gasteiger partial charge on any atom is 0.249 e. The predicted molar refractivity (Wildman–Crippen MR) is 52.2 cm³/mol. The number of aliphatic hydroxyl groups excluding tert-OH is 1. The molecule has 0 saturated heterocycles. The molecule has 0 aromatic heterocycles. The zero-order chi connectivity index (χ0) is 8.74. The first kappa shape index (κ1) is 11.9. The van der Waals surface area contributed by atoms with E-state index in [0.717, 1.165) is 11.4 Å². The van der Waals surface area contributed by atoms with Gasteiger partial charge in [-0.25, -0.2) is 0 Å². The van der Waals surface area contributed by atoms with Gasteiger partial charge in [0.1, 0.15) is 0 Å². The van der Waals surface area contributed by atoms with Crippen LogP contribution in [-0.2, 0) is 20.9 Å². The van der Waals surface area contributed by atoms with E-state index < -0.39 is 5.69 Å². The molecule has 0 aromatic carbocycles. The van der Waals surface area contributed by atoms with E-state index >= 15 is 0 Å². The molecule has 0 saturated carbocycles. The van der Waals surface area contributed by atoms with E-state index in [1.165, 1.54) is 0 Å². The molecule has 0 spiro atoms. The molecule has 11 heavy (non-hydrogen) atoms. The Labute approximate surface area is 76.4 Å². The highest BCUT2D eigenvalue weighted by molar-refractivity contribution is 8.67. The van der Waals surface area contributed by atoms with Crippen molar-refractivity contribution >= 4 is 28.9 Å². The van der Waals surface area contributed by atoms with Gasteiger partial charge >= 0.3 is 0 Å². The Morgan fingerprint density at radius 1 is 1.36 bits per heavy atom. The van der Waals surface area contributed by atoms with Crippen molar-refractivity contribution in [2.45, 2.75) is 13.8 Å². The van der Waals surface area contributed by atoms with Gasteiger partial charge in [-0.3, -0.25) is 0 Å². The smallest absolute Gasteiger partial charge is 0.249 e. The first-order chi connectivity index (χ1) is 5.18.